The first-order chi connectivity index (χ1) is 15.4. The molecule has 0 bridgehead atoms. The predicted molar refractivity (Wildman–Crippen MR) is 127 cm³/mol. The van der Waals surface area contributed by atoms with E-state index in [0.29, 0.717) is 17.6 Å². The molecule has 0 N–H and O–H groups in total. The van der Waals surface area contributed by atoms with E-state index in [9.17, 15) is 8.42 Å². The number of tetrazole rings is 1. The Hall–Kier alpha value is -2.54. The minimum atomic E-state index is -2.93. The first kappa shape index (κ1) is 22.6. The van der Waals surface area contributed by atoms with E-state index < -0.39 is 9.84 Å². The molecule has 1 aliphatic rings. The van der Waals surface area contributed by atoms with Gasteiger partial charge in [0, 0.05) is 5.56 Å². The number of nitrogens with zero attached hydrogens (tertiary/aromatic N) is 4. The molecular weight excluding hydrogens is 420 g/mol. The molecule has 0 amide bonds. The van der Waals surface area contributed by atoms with Crippen LogP contribution in [0.1, 0.15) is 51.5 Å². The zero-order chi connectivity index (χ0) is 22.6. The maximum absolute atomic E-state index is 12.2. The smallest absolute Gasteiger partial charge is 0.187 e. The standard InChI is InChI=1S/C25H32N4O2S/c1-19(2)32(30,31)18-22-12-10-20(11-13-22)8-9-21-14-16-23(17-15-21)25-26-27-28-29(25)24-6-4-3-5-7-24/h3-7,14-17,19-20,22H,8-13,18H2,1-2H3. The summed E-state index contributed by atoms with van der Waals surface area (Å²) < 4.78 is 26.1. The van der Waals surface area contributed by atoms with Crippen molar-refractivity contribution in [3.63, 3.8) is 0 Å². The highest BCUT2D eigenvalue weighted by Gasteiger charge is 2.27. The fraction of sp³-hybridized carbons (Fsp3) is 0.480. The molecule has 7 heteroatoms. The summed E-state index contributed by atoms with van der Waals surface area (Å²) >= 11 is 0. The highest BCUT2D eigenvalue weighted by atomic mass is 32.2. The fourth-order valence-corrected chi connectivity index (χ4v) is 5.88. The molecule has 0 saturated heterocycles. The van der Waals surface area contributed by atoms with Crippen LogP contribution in [0.5, 0.6) is 0 Å². The number of rotatable bonds is 8. The van der Waals surface area contributed by atoms with Crippen molar-refractivity contribution in [3.8, 4) is 17.1 Å². The maximum atomic E-state index is 12.2. The number of sulfone groups is 1. The highest BCUT2D eigenvalue weighted by Crippen LogP contribution is 2.33. The Labute approximate surface area is 191 Å². The Balaban J connectivity index is 1.30. The highest BCUT2D eigenvalue weighted by molar-refractivity contribution is 7.91. The molecule has 170 valence electrons. The summed E-state index contributed by atoms with van der Waals surface area (Å²) in [6, 6.07) is 18.4. The van der Waals surface area contributed by atoms with Gasteiger partial charge in [-0.15, -0.1) is 5.10 Å². The van der Waals surface area contributed by atoms with Gasteiger partial charge in [0.2, 0.25) is 0 Å². The Bertz CT molecular complexity index is 1100. The molecule has 2 aromatic carbocycles. The molecule has 1 heterocycles. The van der Waals surface area contributed by atoms with Crippen molar-refractivity contribution < 1.29 is 8.42 Å². The van der Waals surface area contributed by atoms with Crippen molar-refractivity contribution in [3.05, 3.63) is 60.2 Å². The van der Waals surface area contributed by atoms with Gasteiger partial charge in [-0.05, 0) is 79.5 Å². The van der Waals surface area contributed by atoms with E-state index in [1.807, 2.05) is 30.3 Å². The van der Waals surface area contributed by atoms with Gasteiger partial charge in [-0.1, -0.05) is 55.3 Å². The van der Waals surface area contributed by atoms with Gasteiger partial charge in [-0.2, -0.15) is 4.68 Å². The van der Waals surface area contributed by atoms with Crippen molar-refractivity contribution in [2.75, 3.05) is 5.75 Å². The molecular formula is C25H32N4O2S. The van der Waals surface area contributed by atoms with Crippen LogP contribution >= 0.6 is 0 Å². The van der Waals surface area contributed by atoms with Crippen molar-refractivity contribution in [1.29, 1.82) is 0 Å². The quantitative estimate of drug-likeness (QED) is 0.486. The molecule has 32 heavy (non-hydrogen) atoms. The van der Waals surface area contributed by atoms with Gasteiger partial charge in [-0.3, -0.25) is 0 Å². The lowest BCUT2D eigenvalue weighted by atomic mass is 9.80. The van der Waals surface area contributed by atoms with E-state index in [0.717, 1.165) is 55.6 Å². The first-order valence-corrected chi connectivity index (χ1v) is 13.3. The number of para-hydroxylation sites is 1. The molecule has 0 aliphatic heterocycles. The largest absolute Gasteiger partial charge is 0.229 e. The van der Waals surface area contributed by atoms with E-state index in [1.165, 1.54) is 5.56 Å². The second kappa shape index (κ2) is 9.94. The van der Waals surface area contributed by atoms with Gasteiger partial charge in [0.25, 0.3) is 0 Å². The first-order valence-electron chi connectivity index (χ1n) is 11.6. The van der Waals surface area contributed by atoms with Crippen LogP contribution in [0.15, 0.2) is 54.6 Å². The third-order valence-corrected chi connectivity index (χ3v) is 9.05. The average Bonchev–Trinajstić information content (AvgIpc) is 3.29. The summed E-state index contributed by atoms with van der Waals surface area (Å²) in [5.41, 5.74) is 3.25. The lowest BCUT2D eigenvalue weighted by molar-refractivity contribution is 0.278. The molecule has 1 aliphatic carbocycles. The number of aryl methyl sites for hydroxylation is 1. The Morgan fingerprint density at radius 2 is 1.59 bits per heavy atom. The van der Waals surface area contributed by atoms with Crippen LogP contribution in [0.25, 0.3) is 17.1 Å². The third-order valence-electron chi connectivity index (χ3n) is 6.68. The van der Waals surface area contributed by atoms with Gasteiger partial charge in [-0.25, -0.2) is 8.42 Å². The van der Waals surface area contributed by atoms with Crippen molar-refractivity contribution in [1.82, 2.24) is 20.2 Å². The lowest BCUT2D eigenvalue weighted by Gasteiger charge is -2.28. The summed E-state index contributed by atoms with van der Waals surface area (Å²) in [6.07, 6.45) is 6.56. The van der Waals surface area contributed by atoms with Gasteiger partial charge in [0.15, 0.2) is 15.7 Å². The van der Waals surface area contributed by atoms with Crippen LogP contribution in [0, 0.1) is 11.8 Å². The zero-order valence-corrected chi connectivity index (χ0v) is 19.7. The Morgan fingerprint density at radius 1 is 0.938 bits per heavy atom. The van der Waals surface area contributed by atoms with Crippen molar-refractivity contribution in [2.45, 2.75) is 57.6 Å². The van der Waals surface area contributed by atoms with E-state index in [4.69, 9.17) is 0 Å². The maximum Gasteiger partial charge on any atom is 0.187 e. The molecule has 4 rings (SSSR count). The molecule has 6 nitrogen and oxygen atoms in total. The average molecular weight is 453 g/mol. The second-order valence-corrected chi connectivity index (χ2v) is 11.9. The van der Waals surface area contributed by atoms with E-state index >= 15 is 0 Å². The van der Waals surface area contributed by atoms with E-state index in [-0.39, 0.29) is 5.25 Å². The molecule has 0 atom stereocenters. The van der Waals surface area contributed by atoms with E-state index in [2.05, 4.69) is 39.8 Å². The molecule has 3 aromatic rings. The summed E-state index contributed by atoms with van der Waals surface area (Å²) in [4.78, 5) is 0. The minimum absolute atomic E-state index is 0.263. The molecule has 0 spiro atoms. The SMILES string of the molecule is CC(C)S(=O)(=O)CC1CCC(CCc2ccc(-c3nnnn3-c3ccccc3)cc2)CC1. The topological polar surface area (TPSA) is 77.7 Å². The van der Waals surface area contributed by atoms with Gasteiger partial charge >= 0.3 is 0 Å². The molecule has 0 unspecified atom stereocenters. The third kappa shape index (κ3) is 5.44. The number of aromatic nitrogens is 4. The van der Waals surface area contributed by atoms with Crippen LogP contribution in [0.2, 0.25) is 0 Å². The molecule has 1 fully saturated rings. The number of hydrogen-bond acceptors (Lipinski definition) is 5. The van der Waals surface area contributed by atoms with Crippen molar-refractivity contribution in [2.24, 2.45) is 11.8 Å². The van der Waals surface area contributed by atoms with Gasteiger partial charge < -0.3 is 0 Å². The Kier molecular flexibility index (Phi) is 7.04. The normalized spacial score (nSPS) is 19.3. The van der Waals surface area contributed by atoms with Crippen LogP contribution in [-0.4, -0.2) is 39.6 Å². The Morgan fingerprint density at radius 3 is 2.25 bits per heavy atom. The van der Waals surface area contributed by atoms with Crippen molar-refractivity contribution >= 4 is 9.84 Å². The van der Waals surface area contributed by atoms with E-state index in [1.54, 1.807) is 18.5 Å². The summed E-state index contributed by atoms with van der Waals surface area (Å²) in [5.74, 6) is 2.13. The lowest BCUT2D eigenvalue weighted by Crippen LogP contribution is -2.26. The zero-order valence-electron chi connectivity index (χ0n) is 18.9. The van der Waals surface area contributed by atoms with Crippen LogP contribution in [-0.2, 0) is 16.3 Å². The van der Waals surface area contributed by atoms with Gasteiger partial charge in [0.1, 0.15) is 0 Å². The second-order valence-electron chi connectivity index (χ2n) is 9.25. The van der Waals surface area contributed by atoms with Crippen LogP contribution in [0.3, 0.4) is 0 Å². The molecule has 1 aromatic heterocycles. The fourth-order valence-electron chi connectivity index (χ4n) is 4.51. The minimum Gasteiger partial charge on any atom is -0.229 e. The summed E-state index contributed by atoms with van der Waals surface area (Å²) in [6.45, 7) is 3.57. The number of hydrogen-bond donors (Lipinski definition) is 0. The summed E-state index contributed by atoms with van der Waals surface area (Å²) in [7, 11) is -2.93. The van der Waals surface area contributed by atoms with Gasteiger partial charge in [0.05, 0.1) is 16.7 Å². The monoisotopic (exact) mass is 452 g/mol. The predicted octanol–water partition coefficient (Wildman–Crippen LogP) is 4.89. The number of benzene rings is 2. The van der Waals surface area contributed by atoms with Crippen LogP contribution in [0.4, 0.5) is 0 Å². The summed E-state index contributed by atoms with van der Waals surface area (Å²) in [5, 5.41) is 11.9. The van der Waals surface area contributed by atoms with Crippen LogP contribution < -0.4 is 0 Å². The molecule has 1 saturated carbocycles. The molecule has 0 radical (unpaired) electrons.